The van der Waals surface area contributed by atoms with E-state index in [1.165, 1.54) is 12.8 Å². The number of nitrogens with zero attached hydrogens (tertiary/aromatic N) is 1. The lowest BCUT2D eigenvalue weighted by Crippen LogP contribution is -2.58. The van der Waals surface area contributed by atoms with E-state index in [9.17, 15) is 0 Å². The topological polar surface area (TPSA) is 27.3 Å². The van der Waals surface area contributed by atoms with Crippen LogP contribution >= 0.6 is 0 Å². The maximum Gasteiger partial charge on any atom is 0.0371 e. The molecule has 3 heteroatoms. The Morgan fingerprint density at radius 3 is 2.00 bits per heavy atom. The van der Waals surface area contributed by atoms with Gasteiger partial charge in [-0.15, -0.1) is 0 Å². The Kier molecular flexibility index (Phi) is 8.08. The minimum absolute atomic E-state index is 0.299. The Bertz CT molecular complexity index is 208. The summed E-state index contributed by atoms with van der Waals surface area (Å²) in [5.74, 6) is 0.637. The van der Waals surface area contributed by atoms with Crippen LogP contribution in [0.15, 0.2) is 0 Å². The number of hydrazine groups is 2. The van der Waals surface area contributed by atoms with Crippen LogP contribution in [0.2, 0.25) is 0 Å². The van der Waals surface area contributed by atoms with E-state index in [0.29, 0.717) is 23.4 Å². The zero-order valence-corrected chi connectivity index (χ0v) is 13.8. The minimum atomic E-state index is 0.299. The second-order valence-corrected chi connectivity index (χ2v) is 7.07. The number of hydrogen-bond acceptors (Lipinski definition) is 3. The van der Waals surface area contributed by atoms with E-state index < -0.39 is 0 Å². The molecule has 0 saturated heterocycles. The zero-order valence-electron chi connectivity index (χ0n) is 13.8. The summed E-state index contributed by atoms with van der Waals surface area (Å²) in [7, 11) is 0. The first-order valence-corrected chi connectivity index (χ1v) is 7.46. The van der Waals surface area contributed by atoms with Crippen molar-refractivity contribution in [2.45, 2.75) is 80.3 Å². The molecule has 2 atom stereocenters. The van der Waals surface area contributed by atoms with Crippen molar-refractivity contribution in [1.29, 1.82) is 0 Å². The summed E-state index contributed by atoms with van der Waals surface area (Å²) in [5.41, 5.74) is 7.45. The normalized spacial score (nSPS) is 16.3. The highest BCUT2D eigenvalue weighted by molar-refractivity contribution is 4.69. The smallest absolute Gasteiger partial charge is 0.0371 e. The summed E-state index contributed by atoms with van der Waals surface area (Å²) in [6.45, 7) is 19.0. The minimum Gasteiger partial charge on any atom is -0.241 e. The second-order valence-electron chi connectivity index (χ2n) is 7.07. The summed E-state index contributed by atoms with van der Waals surface area (Å²) in [5, 5.41) is 2.22. The number of rotatable bonds is 8. The van der Waals surface area contributed by atoms with Gasteiger partial charge in [0.25, 0.3) is 0 Å². The molecule has 0 rings (SSSR count). The molecule has 0 radical (unpaired) electrons. The van der Waals surface area contributed by atoms with Crippen LogP contribution in [-0.4, -0.2) is 23.7 Å². The van der Waals surface area contributed by atoms with Crippen molar-refractivity contribution in [3.63, 3.8) is 0 Å². The largest absolute Gasteiger partial charge is 0.241 e. The van der Waals surface area contributed by atoms with Gasteiger partial charge in [-0.05, 0) is 31.6 Å². The van der Waals surface area contributed by atoms with Crippen LogP contribution in [0.3, 0.4) is 0 Å². The molecule has 110 valence electrons. The average Bonchev–Trinajstić information content (AvgIpc) is 2.22. The molecule has 0 heterocycles. The van der Waals surface area contributed by atoms with Crippen molar-refractivity contribution in [2.24, 2.45) is 11.3 Å². The Hall–Kier alpha value is -0.120. The molecule has 3 nitrogen and oxygen atoms in total. The first kappa shape index (κ1) is 17.9. The van der Waals surface area contributed by atoms with Gasteiger partial charge in [0, 0.05) is 18.6 Å². The van der Waals surface area contributed by atoms with E-state index in [0.717, 1.165) is 6.54 Å². The van der Waals surface area contributed by atoms with E-state index in [2.05, 4.69) is 71.4 Å². The number of hydrogen-bond donors (Lipinski definition) is 2. The van der Waals surface area contributed by atoms with Gasteiger partial charge in [-0.25, -0.2) is 10.9 Å². The maximum atomic E-state index is 3.60. The third-order valence-corrected chi connectivity index (χ3v) is 3.27. The molecule has 0 aliphatic carbocycles. The Labute approximate surface area is 115 Å². The van der Waals surface area contributed by atoms with Crippen LogP contribution in [0.1, 0.15) is 68.2 Å². The van der Waals surface area contributed by atoms with E-state index in [1.54, 1.807) is 0 Å². The van der Waals surface area contributed by atoms with Crippen molar-refractivity contribution in [1.82, 2.24) is 16.0 Å². The van der Waals surface area contributed by atoms with Crippen LogP contribution < -0.4 is 10.9 Å². The predicted molar refractivity (Wildman–Crippen MR) is 81.1 cm³/mol. The van der Waals surface area contributed by atoms with E-state index >= 15 is 0 Å². The highest BCUT2D eigenvalue weighted by Gasteiger charge is 2.19. The molecule has 0 saturated carbocycles. The third-order valence-electron chi connectivity index (χ3n) is 3.27. The molecule has 18 heavy (non-hydrogen) atoms. The SMILES string of the molecule is CCCC(C)N(NCC(C)(C)C)NC(C)C(C)C. The van der Waals surface area contributed by atoms with Gasteiger partial charge in [0.15, 0.2) is 0 Å². The molecule has 0 bridgehead atoms. The Balaban J connectivity index is 4.42. The molecular formula is C15H35N3. The fraction of sp³-hybridized carbons (Fsp3) is 1.00. The van der Waals surface area contributed by atoms with Crippen molar-refractivity contribution in [3.8, 4) is 0 Å². The molecule has 0 amide bonds. The van der Waals surface area contributed by atoms with Crippen molar-refractivity contribution < 1.29 is 0 Å². The fourth-order valence-electron chi connectivity index (χ4n) is 1.57. The summed E-state index contributed by atoms with van der Waals surface area (Å²) in [6, 6.07) is 0.996. The van der Waals surface area contributed by atoms with Gasteiger partial charge in [-0.1, -0.05) is 48.0 Å². The van der Waals surface area contributed by atoms with Crippen molar-refractivity contribution in [3.05, 3.63) is 0 Å². The summed E-state index contributed by atoms with van der Waals surface area (Å²) in [4.78, 5) is 0. The van der Waals surface area contributed by atoms with Crippen LogP contribution in [0.4, 0.5) is 0 Å². The van der Waals surface area contributed by atoms with Gasteiger partial charge >= 0.3 is 0 Å². The lowest BCUT2D eigenvalue weighted by molar-refractivity contribution is 0.0251. The van der Waals surface area contributed by atoms with Crippen LogP contribution in [0, 0.1) is 11.3 Å². The molecule has 0 fully saturated rings. The molecular weight excluding hydrogens is 222 g/mol. The molecule has 2 N–H and O–H groups in total. The Morgan fingerprint density at radius 2 is 1.61 bits per heavy atom. The van der Waals surface area contributed by atoms with Crippen LogP contribution in [0.5, 0.6) is 0 Å². The van der Waals surface area contributed by atoms with Crippen LogP contribution in [-0.2, 0) is 0 Å². The van der Waals surface area contributed by atoms with E-state index in [1.807, 2.05) is 0 Å². The fourth-order valence-corrected chi connectivity index (χ4v) is 1.57. The molecule has 0 aliphatic rings. The highest BCUT2D eigenvalue weighted by Crippen LogP contribution is 2.12. The molecule has 0 aromatic rings. The third kappa shape index (κ3) is 8.06. The van der Waals surface area contributed by atoms with Crippen molar-refractivity contribution in [2.75, 3.05) is 6.54 Å². The summed E-state index contributed by atoms with van der Waals surface area (Å²) in [6.07, 6.45) is 2.42. The quantitative estimate of drug-likeness (QED) is 0.651. The van der Waals surface area contributed by atoms with E-state index in [4.69, 9.17) is 0 Å². The second kappa shape index (κ2) is 8.13. The zero-order chi connectivity index (χ0) is 14.3. The van der Waals surface area contributed by atoms with Gasteiger partial charge in [0.2, 0.25) is 0 Å². The van der Waals surface area contributed by atoms with Gasteiger partial charge in [-0.3, -0.25) is 0 Å². The van der Waals surface area contributed by atoms with Gasteiger partial charge < -0.3 is 0 Å². The summed E-state index contributed by atoms with van der Waals surface area (Å²) >= 11 is 0. The first-order valence-electron chi connectivity index (χ1n) is 7.46. The molecule has 2 unspecified atom stereocenters. The van der Waals surface area contributed by atoms with E-state index in [-0.39, 0.29) is 0 Å². The Morgan fingerprint density at radius 1 is 1.06 bits per heavy atom. The molecule has 0 spiro atoms. The van der Waals surface area contributed by atoms with Gasteiger partial charge in [0.05, 0.1) is 0 Å². The van der Waals surface area contributed by atoms with Crippen molar-refractivity contribution >= 4 is 0 Å². The lowest BCUT2D eigenvalue weighted by atomic mass is 9.97. The molecule has 0 aromatic heterocycles. The summed E-state index contributed by atoms with van der Waals surface area (Å²) < 4.78 is 0. The predicted octanol–water partition coefficient (Wildman–Crippen LogP) is 3.58. The van der Waals surface area contributed by atoms with Gasteiger partial charge in [0.1, 0.15) is 0 Å². The van der Waals surface area contributed by atoms with Gasteiger partial charge in [-0.2, -0.15) is 5.12 Å². The monoisotopic (exact) mass is 257 g/mol. The van der Waals surface area contributed by atoms with Crippen LogP contribution in [0.25, 0.3) is 0 Å². The average molecular weight is 257 g/mol. The maximum absolute atomic E-state index is 3.60. The standard InChI is InChI=1S/C15H35N3/c1-9-10-13(4)18(16-11-15(6,7)8)17-14(5)12(2)3/h12-14,16-17H,9-11H2,1-8H3. The first-order chi connectivity index (χ1) is 8.17. The molecule has 0 aromatic carbocycles. The molecule has 0 aliphatic heterocycles. The lowest BCUT2D eigenvalue weighted by Gasteiger charge is -2.36. The number of nitrogens with one attached hydrogen (secondary N) is 2. The highest BCUT2D eigenvalue weighted by atomic mass is 15.7.